The monoisotopic (exact) mass is 306 g/mol. The van der Waals surface area contributed by atoms with Crippen LogP contribution in [-0.4, -0.2) is 25.5 Å². The Bertz CT molecular complexity index is 679. The third-order valence-electron chi connectivity index (χ3n) is 2.89. The standard InChI is InChI=1S/C11H9F3N2O3S/c12-11(13,14)9-5-8(2-1-7(9)6-15)16-10(17)3-4-20(16,18)19/h1-2,5,10,17H,3-4H2. The van der Waals surface area contributed by atoms with Crippen LogP contribution in [-0.2, 0) is 16.2 Å². The van der Waals surface area contributed by atoms with Crippen LogP contribution in [0.5, 0.6) is 0 Å². The summed E-state index contributed by atoms with van der Waals surface area (Å²) in [6.45, 7) is 0. The second kappa shape index (κ2) is 4.64. The van der Waals surface area contributed by atoms with Crippen LogP contribution in [0.15, 0.2) is 18.2 Å². The lowest BCUT2D eigenvalue weighted by molar-refractivity contribution is -0.137. The second-order valence-electron chi connectivity index (χ2n) is 4.22. The van der Waals surface area contributed by atoms with Crippen molar-refractivity contribution in [2.45, 2.75) is 18.8 Å². The van der Waals surface area contributed by atoms with Gasteiger partial charge in [0.05, 0.1) is 28.6 Å². The molecule has 0 bridgehead atoms. The fourth-order valence-corrected chi connectivity index (χ4v) is 3.61. The SMILES string of the molecule is N#Cc1ccc(N2C(O)CCS2(=O)=O)cc1C(F)(F)F. The van der Waals surface area contributed by atoms with Crippen LogP contribution in [0, 0.1) is 11.3 Å². The molecule has 1 aliphatic rings. The minimum absolute atomic E-state index is 0.0797. The summed E-state index contributed by atoms with van der Waals surface area (Å²) in [6.07, 6.45) is -6.26. The molecule has 1 aliphatic heterocycles. The van der Waals surface area contributed by atoms with Gasteiger partial charge in [-0.1, -0.05) is 0 Å². The maximum absolute atomic E-state index is 12.8. The van der Waals surface area contributed by atoms with Gasteiger partial charge < -0.3 is 5.11 Å². The first kappa shape index (κ1) is 14.6. The highest BCUT2D eigenvalue weighted by molar-refractivity contribution is 7.93. The number of aliphatic hydroxyl groups excluding tert-OH is 1. The summed E-state index contributed by atoms with van der Waals surface area (Å²) in [7, 11) is -3.84. The highest BCUT2D eigenvalue weighted by atomic mass is 32.2. The maximum atomic E-state index is 12.8. The van der Waals surface area contributed by atoms with E-state index in [0.717, 1.165) is 12.1 Å². The summed E-state index contributed by atoms with van der Waals surface area (Å²) in [4.78, 5) is 0. The van der Waals surface area contributed by atoms with Crippen LogP contribution in [0.4, 0.5) is 18.9 Å². The zero-order valence-electron chi connectivity index (χ0n) is 9.92. The molecule has 0 saturated carbocycles. The number of sulfonamides is 1. The van der Waals surface area contributed by atoms with Gasteiger partial charge >= 0.3 is 6.18 Å². The Hall–Kier alpha value is -1.79. The van der Waals surface area contributed by atoms with Gasteiger partial charge in [0, 0.05) is 6.42 Å². The molecule has 0 spiro atoms. The van der Waals surface area contributed by atoms with Crippen molar-refractivity contribution >= 4 is 15.7 Å². The van der Waals surface area contributed by atoms with Gasteiger partial charge in [-0.3, -0.25) is 0 Å². The summed E-state index contributed by atoms with van der Waals surface area (Å²) in [5.41, 5.74) is -2.14. The van der Waals surface area contributed by atoms with Crippen molar-refractivity contribution in [3.8, 4) is 6.07 Å². The first-order chi connectivity index (χ1) is 9.16. The highest BCUT2D eigenvalue weighted by Crippen LogP contribution is 2.36. The minimum atomic E-state index is -4.78. The van der Waals surface area contributed by atoms with Gasteiger partial charge in [0.25, 0.3) is 0 Å². The minimum Gasteiger partial charge on any atom is -0.372 e. The van der Waals surface area contributed by atoms with E-state index in [1.807, 2.05) is 0 Å². The van der Waals surface area contributed by atoms with Gasteiger partial charge in [-0.2, -0.15) is 18.4 Å². The van der Waals surface area contributed by atoms with E-state index in [0.29, 0.717) is 10.4 Å². The van der Waals surface area contributed by atoms with E-state index >= 15 is 0 Å². The lowest BCUT2D eigenvalue weighted by atomic mass is 10.1. The molecule has 1 aromatic rings. The van der Waals surface area contributed by atoms with Crippen LogP contribution in [0.3, 0.4) is 0 Å². The van der Waals surface area contributed by atoms with Crippen LogP contribution < -0.4 is 4.31 Å². The van der Waals surface area contributed by atoms with Crippen molar-refractivity contribution < 1.29 is 26.7 Å². The molecule has 0 aromatic heterocycles. The van der Waals surface area contributed by atoms with Crippen LogP contribution >= 0.6 is 0 Å². The summed E-state index contributed by atoms with van der Waals surface area (Å²) < 4.78 is 62.4. The molecule has 1 atom stereocenters. The Kier molecular flexibility index (Phi) is 3.39. The van der Waals surface area contributed by atoms with E-state index in [-0.39, 0.29) is 17.9 Å². The van der Waals surface area contributed by atoms with Crippen molar-refractivity contribution in [3.05, 3.63) is 29.3 Å². The molecular formula is C11H9F3N2O3S. The first-order valence-electron chi connectivity index (χ1n) is 5.48. The topological polar surface area (TPSA) is 81.4 Å². The first-order valence-corrected chi connectivity index (χ1v) is 7.09. The average Bonchev–Trinajstić information content (AvgIpc) is 2.62. The third kappa shape index (κ3) is 2.44. The van der Waals surface area contributed by atoms with Crippen LogP contribution in [0.1, 0.15) is 17.5 Å². The zero-order valence-corrected chi connectivity index (χ0v) is 10.7. The fourth-order valence-electron chi connectivity index (χ4n) is 1.99. The van der Waals surface area contributed by atoms with E-state index in [1.54, 1.807) is 0 Å². The molecular weight excluding hydrogens is 297 g/mol. The second-order valence-corrected chi connectivity index (χ2v) is 6.19. The Morgan fingerprint density at radius 1 is 1.40 bits per heavy atom. The lowest BCUT2D eigenvalue weighted by Gasteiger charge is -2.22. The molecule has 9 heteroatoms. The number of benzene rings is 1. The summed E-state index contributed by atoms with van der Waals surface area (Å²) in [5.74, 6) is -0.338. The summed E-state index contributed by atoms with van der Waals surface area (Å²) >= 11 is 0. The Morgan fingerprint density at radius 2 is 2.05 bits per heavy atom. The quantitative estimate of drug-likeness (QED) is 0.851. The normalized spacial score (nSPS) is 21.8. The molecule has 0 amide bonds. The van der Waals surface area contributed by atoms with E-state index in [9.17, 15) is 26.7 Å². The van der Waals surface area contributed by atoms with Crippen molar-refractivity contribution in [1.29, 1.82) is 5.26 Å². The molecule has 0 aliphatic carbocycles. The largest absolute Gasteiger partial charge is 0.417 e. The highest BCUT2D eigenvalue weighted by Gasteiger charge is 2.39. The molecule has 1 N–H and O–H groups in total. The molecule has 1 aromatic carbocycles. The lowest BCUT2D eigenvalue weighted by Crippen LogP contribution is -2.33. The fraction of sp³-hybridized carbons (Fsp3) is 0.364. The molecule has 1 fully saturated rings. The van der Waals surface area contributed by atoms with Gasteiger partial charge in [0.15, 0.2) is 0 Å². The van der Waals surface area contributed by atoms with Crippen molar-refractivity contribution in [1.82, 2.24) is 0 Å². The number of anilines is 1. The number of aliphatic hydroxyl groups is 1. The van der Waals surface area contributed by atoms with Gasteiger partial charge in [-0.15, -0.1) is 0 Å². The summed E-state index contributed by atoms with van der Waals surface area (Å²) in [5, 5.41) is 18.3. The number of hydrogen-bond acceptors (Lipinski definition) is 4. The molecule has 1 saturated heterocycles. The van der Waals surface area contributed by atoms with Crippen LogP contribution in [0.25, 0.3) is 0 Å². The third-order valence-corrected chi connectivity index (χ3v) is 4.69. The Balaban J connectivity index is 2.58. The molecule has 1 heterocycles. The molecule has 0 radical (unpaired) electrons. The number of nitriles is 1. The van der Waals surface area contributed by atoms with Crippen molar-refractivity contribution in [2.75, 3.05) is 10.1 Å². The molecule has 1 unspecified atom stereocenters. The summed E-state index contributed by atoms with van der Waals surface area (Å²) in [6, 6.07) is 3.92. The average molecular weight is 306 g/mol. The molecule has 5 nitrogen and oxygen atoms in total. The van der Waals surface area contributed by atoms with Gasteiger partial charge in [0.1, 0.15) is 6.23 Å². The number of halogens is 3. The van der Waals surface area contributed by atoms with E-state index in [2.05, 4.69) is 0 Å². The molecule has 108 valence electrons. The van der Waals surface area contributed by atoms with Gasteiger partial charge in [0.2, 0.25) is 10.0 Å². The number of alkyl halides is 3. The van der Waals surface area contributed by atoms with Gasteiger partial charge in [-0.05, 0) is 18.2 Å². The van der Waals surface area contributed by atoms with E-state index < -0.39 is 33.6 Å². The Morgan fingerprint density at radius 3 is 2.50 bits per heavy atom. The molecule has 2 rings (SSSR count). The zero-order chi connectivity index (χ0) is 15.1. The van der Waals surface area contributed by atoms with E-state index in [1.165, 1.54) is 6.07 Å². The maximum Gasteiger partial charge on any atom is 0.417 e. The Labute approximate surface area is 112 Å². The van der Waals surface area contributed by atoms with Gasteiger partial charge in [-0.25, -0.2) is 12.7 Å². The number of rotatable bonds is 1. The van der Waals surface area contributed by atoms with Crippen LogP contribution in [0.2, 0.25) is 0 Å². The van der Waals surface area contributed by atoms with E-state index in [4.69, 9.17) is 5.26 Å². The number of nitrogens with zero attached hydrogens (tertiary/aromatic N) is 2. The molecule has 20 heavy (non-hydrogen) atoms. The van der Waals surface area contributed by atoms with Crippen molar-refractivity contribution in [3.63, 3.8) is 0 Å². The predicted octanol–water partition coefficient (Wildman–Crippen LogP) is 1.44. The smallest absolute Gasteiger partial charge is 0.372 e. The van der Waals surface area contributed by atoms with Crippen molar-refractivity contribution in [2.24, 2.45) is 0 Å². The number of hydrogen-bond donors (Lipinski definition) is 1. The predicted molar refractivity (Wildman–Crippen MR) is 63.0 cm³/mol.